The molecule has 1 rings (SSSR count). The van der Waals surface area contributed by atoms with Gasteiger partial charge in [0.15, 0.2) is 0 Å². The number of nitrogens with zero attached hydrogens (tertiary/aromatic N) is 1. The molecule has 5 heteroatoms. The van der Waals surface area contributed by atoms with Gasteiger partial charge in [-0.15, -0.1) is 0 Å². The average molecular weight is 306 g/mol. The van der Waals surface area contributed by atoms with Gasteiger partial charge in [-0.25, -0.2) is 0 Å². The number of carbonyl (C=O) groups excluding carboxylic acids is 2. The number of nitrogens with one attached hydrogen (secondary N) is 1. The highest BCUT2D eigenvalue weighted by molar-refractivity contribution is 6.39. The molecule has 0 spiro atoms. The summed E-state index contributed by atoms with van der Waals surface area (Å²) < 4.78 is 0. The first-order valence-corrected chi connectivity index (χ1v) is 7.78. The van der Waals surface area contributed by atoms with Gasteiger partial charge in [-0.2, -0.15) is 0 Å². The summed E-state index contributed by atoms with van der Waals surface area (Å²) >= 11 is 0. The maximum Gasteiger partial charge on any atom is 0.313 e. The van der Waals surface area contributed by atoms with E-state index >= 15 is 0 Å². The summed E-state index contributed by atoms with van der Waals surface area (Å²) in [6, 6.07) is 5.58. The molecule has 1 aromatic rings. The van der Waals surface area contributed by atoms with Crippen molar-refractivity contribution in [2.75, 3.05) is 25.0 Å². The normalized spacial score (nSPS) is 10.4. The summed E-state index contributed by atoms with van der Waals surface area (Å²) in [6.45, 7) is 6.47. The maximum absolute atomic E-state index is 12.2. The number of hydrogen-bond acceptors (Lipinski definition) is 3. The number of aliphatic hydroxyl groups is 1. The van der Waals surface area contributed by atoms with Gasteiger partial charge in [-0.05, 0) is 37.5 Å². The lowest BCUT2D eigenvalue weighted by Gasteiger charge is -2.21. The SMILES string of the molecule is CCCCCN(CCO)C(=O)C(=O)Nc1cccc(C)c1C. The number of benzene rings is 1. The second kappa shape index (κ2) is 9.20. The van der Waals surface area contributed by atoms with Gasteiger partial charge in [0.1, 0.15) is 0 Å². The lowest BCUT2D eigenvalue weighted by Crippen LogP contribution is -2.41. The van der Waals surface area contributed by atoms with Crippen molar-refractivity contribution in [2.24, 2.45) is 0 Å². The maximum atomic E-state index is 12.2. The van der Waals surface area contributed by atoms with E-state index in [0.29, 0.717) is 12.2 Å². The van der Waals surface area contributed by atoms with Gasteiger partial charge in [0.25, 0.3) is 0 Å². The molecule has 0 aromatic heterocycles. The van der Waals surface area contributed by atoms with Crippen LogP contribution in [-0.4, -0.2) is 41.5 Å². The number of unbranched alkanes of at least 4 members (excludes halogenated alkanes) is 2. The van der Waals surface area contributed by atoms with Gasteiger partial charge in [0.05, 0.1) is 6.61 Å². The summed E-state index contributed by atoms with van der Waals surface area (Å²) in [6.07, 6.45) is 2.86. The number of anilines is 1. The molecule has 5 nitrogen and oxygen atoms in total. The van der Waals surface area contributed by atoms with Crippen LogP contribution in [0, 0.1) is 13.8 Å². The highest BCUT2D eigenvalue weighted by atomic mass is 16.3. The minimum Gasteiger partial charge on any atom is -0.395 e. The van der Waals surface area contributed by atoms with Crippen molar-refractivity contribution in [3.05, 3.63) is 29.3 Å². The van der Waals surface area contributed by atoms with Gasteiger partial charge < -0.3 is 15.3 Å². The quantitative estimate of drug-likeness (QED) is 0.599. The Morgan fingerprint density at radius 2 is 1.91 bits per heavy atom. The van der Waals surface area contributed by atoms with Crippen LogP contribution >= 0.6 is 0 Å². The number of amides is 2. The second-order valence-electron chi connectivity index (χ2n) is 5.42. The molecule has 0 aliphatic heterocycles. The van der Waals surface area contributed by atoms with Gasteiger partial charge >= 0.3 is 11.8 Å². The zero-order valence-corrected chi connectivity index (χ0v) is 13.7. The van der Waals surface area contributed by atoms with Gasteiger partial charge in [0, 0.05) is 18.8 Å². The van der Waals surface area contributed by atoms with Gasteiger partial charge in [0.2, 0.25) is 0 Å². The Bertz CT molecular complexity index is 515. The predicted molar refractivity (Wildman–Crippen MR) is 87.7 cm³/mol. The Balaban J connectivity index is 2.72. The lowest BCUT2D eigenvalue weighted by atomic mass is 10.1. The molecule has 0 radical (unpaired) electrons. The van der Waals surface area contributed by atoms with Crippen LogP contribution in [0.2, 0.25) is 0 Å². The molecule has 22 heavy (non-hydrogen) atoms. The zero-order chi connectivity index (χ0) is 16.5. The number of aryl methyl sites for hydroxylation is 1. The third kappa shape index (κ3) is 5.15. The minimum absolute atomic E-state index is 0.144. The van der Waals surface area contributed by atoms with Gasteiger partial charge in [-0.3, -0.25) is 9.59 Å². The summed E-state index contributed by atoms with van der Waals surface area (Å²) in [5.41, 5.74) is 2.65. The largest absolute Gasteiger partial charge is 0.395 e. The summed E-state index contributed by atoms with van der Waals surface area (Å²) in [7, 11) is 0. The Morgan fingerprint density at radius 3 is 2.55 bits per heavy atom. The fraction of sp³-hybridized carbons (Fsp3) is 0.529. The number of aliphatic hydroxyl groups excluding tert-OH is 1. The van der Waals surface area contributed by atoms with E-state index in [0.717, 1.165) is 30.4 Å². The van der Waals surface area contributed by atoms with Crippen LogP contribution < -0.4 is 5.32 Å². The molecule has 122 valence electrons. The van der Waals surface area contributed by atoms with Crippen LogP contribution in [0.4, 0.5) is 5.69 Å². The smallest absolute Gasteiger partial charge is 0.313 e. The van der Waals surface area contributed by atoms with Crippen molar-refractivity contribution in [3.63, 3.8) is 0 Å². The average Bonchev–Trinajstić information content (AvgIpc) is 2.50. The Morgan fingerprint density at radius 1 is 1.18 bits per heavy atom. The van der Waals surface area contributed by atoms with Gasteiger partial charge in [-0.1, -0.05) is 31.9 Å². The summed E-state index contributed by atoms with van der Waals surface area (Å²) in [5, 5.41) is 11.7. The molecule has 0 aliphatic carbocycles. The monoisotopic (exact) mass is 306 g/mol. The molecule has 0 heterocycles. The van der Waals surface area contributed by atoms with E-state index in [4.69, 9.17) is 5.11 Å². The Hall–Kier alpha value is -1.88. The van der Waals surface area contributed by atoms with Crippen molar-refractivity contribution in [1.29, 1.82) is 0 Å². The highest BCUT2D eigenvalue weighted by Gasteiger charge is 2.21. The van der Waals surface area contributed by atoms with E-state index in [9.17, 15) is 9.59 Å². The van der Waals surface area contributed by atoms with Crippen LogP contribution in [0.5, 0.6) is 0 Å². The van der Waals surface area contributed by atoms with E-state index in [1.807, 2.05) is 26.0 Å². The summed E-state index contributed by atoms with van der Waals surface area (Å²) in [5.74, 6) is -1.25. The molecule has 0 unspecified atom stereocenters. The molecule has 0 bridgehead atoms. The van der Waals surface area contributed by atoms with E-state index in [1.165, 1.54) is 4.90 Å². The van der Waals surface area contributed by atoms with E-state index in [2.05, 4.69) is 12.2 Å². The molecule has 0 aliphatic rings. The number of hydrogen-bond donors (Lipinski definition) is 2. The third-order valence-electron chi connectivity index (χ3n) is 3.74. The fourth-order valence-electron chi connectivity index (χ4n) is 2.19. The zero-order valence-electron chi connectivity index (χ0n) is 13.7. The molecule has 0 saturated heterocycles. The van der Waals surface area contributed by atoms with Crippen LogP contribution in [-0.2, 0) is 9.59 Å². The molecular weight excluding hydrogens is 280 g/mol. The van der Waals surface area contributed by atoms with Crippen molar-refractivity contribution in [3.8, 4) is 0 Å². The Labute approximate surface area is 132 Å². The van der Waals surface area contributed by atoms with Crippen LogP contribution in [0.25, 0.3) is 0 Å². The molecule has 1 aromatic carbocycles. The molecular formula is C17H26N2O3. The molecule has 0 fully saturated rings. The van der Waals surface area contributed by atoms with Crippen LogP contribution in [0.1, 0.15) is 37.3 Å². The minimum atomic E-state index is -0.654. The standard InChI is InChI=1S/C17H26N2O3/c1-4-5-6-10-19(11-12-20)17(22)16(21)18-15-9-7-8-13(2)14(15)3/h7-9,20H,4-6,10-12H2,1-3H3,(H,18,21). The van der Waals surface area contributed by atoms with Crippen LogP contribution in [0.15, 0.2) is 18.2 Å². The fourth-order valence-corrected chi connectivity index (χ4v) is 2.19. The topological polar surface area (TPSA) is 69.6 Å². The first kappa shape index (κ1) is 18.2. The number of carbonyl (C=O) groups is 2. The van der Waals surface area contributed by atoms with Crippen molar-refractivity contribution in [2.45, 2.75) is 40.0 Å². The lowest BCUT2D eigenvalue weighted by molar-refractivity contribution is -0.143. The second-order valence-corrected chi connectivity index (χ2v) is 5.42. The molecule has 0 saturated carbocycles. The number of rotatable bonds is 7. The van der Waals surface area contributed by atoms with Crippen LogP contribution in [0.3, 0.4) is 0 Å². The van der Waals surface area contributed by atoms with E-state index in [-0.39, 0.29) is 13.2 Å². The predicted octanol–water partition coefficient (Wildman–Crippen LogP) is 2.25. The van der Waals surface area contributed by atoms with E-state index < -0.39 is 11.8 Å². The highest BCUT2D eigenvalue weighted by Crippen LogP contribution is 2.18. The molecule has 2 amide bonds. The van der Waals surface area contributed by atoms with Crippen molar-refractivity contribution in [1.82, 2.24) is 4.90 Å². The molecule has 0 atom stereocenters. The van der Waals surface area contributed by atoms with Crippen molar-refractivity contribution < 1.29 is 14.7 Å². The van der Waals surface area contributed by atoms with Crippen molar-refractivity contribution >= 4 is 17.5 Å². The third-order valence-corrected chi connectivity index (χ3v) is 3.74. The summed E-state index contributed by atoms with van der Waals surface area (Å²) in [4.78, 5) is 25.8. The van der Waals surface area contributed by atoms with E-state index in [1.54, 1.807) is 6.07 Å². The first-order chi connectivity index (χ1) is 10.5. The Kier molecular flexibility index (Phi) is 7.60. The molecule has 2 N–H and O–H groups in total. The first-order valence-electron chi connectivity index (χ1n) is 7.78.